The van der Waals surface area contributed by atoms with Crippen LogP contribution in [0.1, 0.15) is 0 Å². The van der Waals surface area contributed by atoms with Gasteiger partial charge in [0.2, 0.25) is 0 Å². The molecule has 0 fully saturated rings. The van der Waals surface area contributed by atoms with E-state index in [1.807, 2.05) is 18.3 Å². The van der Waals surface area contributed by atoms with Crippen LogP contribution >= 0.6 is 0 Å². The van der Waals surface area contributed by atoms with Gasteiger partial charge in [0.05, 0.1) is 16.9 Å². The van der Waals surface area contributed by atoms with Crippen LogP contribution in [-0.2, 0) is 0 Å². The van der Waals surface area contributed by atoms with Gasteiger partial charge in [-0.05, 0) is 47.4 Å². The number of benzene rings is 5. The molecule has 0 unspecified atom stereocenters. The molecule has 0 saturated carbocycles. The van der Waals surface area contributed by atoms with E-state index in [2.05, 4.69) is 112 Å². The highest BCUT2D eigenvalue weighted by molar-refractivity contribution is 6.82. The molecule has 8 aromatic rings. The second kappa shape index (κ2) is 7.22. The summed E-state index contributed by atoms with van der Waals surface area (Å²) in [6, 6.07) is 41.2. The van der Waals surface area contributed by atoms with Crippen molar-refractivity contribution in [2.24, 2.45) is 0 Å². The molecule has 10 rings (SSSR count). The zero-order valence-corrected chi connectivity index (χ0v) is 21.4. The highest BCUT2D eigenvalue weighted by atomic mass is 16.3. The molecule has 4 nitrogen and oxygen atoms in total. The lowest BCUT2D eigenvalue weighted by molar-refractivity contribution is 0.670. The van der Waals surface area contributed by atoms with E-state index in [0.717, 1.165) is 44.3 Å². The Balaban J connectivity index is 1.26. The molecule has 0 spiro atoms. The summed E-state index contributed by atoms with van der Waals surface area (Å²) in [6.07, 6.45) is 1.91. The molecule has 0 amide bonds. The van der Waals surface area contributed by atoms with Gasteiger partial charge in [0.15, 0.2) is 0 Å². The Morgan fingerprint density at radius 3 is 2.42 bits per heavy atom. The number of aromatic nitrogens is 2. The molecule has 3 aromatic heterocycles. The van der Waals surface area contributed by atoms with Crippen LogP contribution < -0.4 is 10.3 Å². The van der Waals surface area contributed by atoms with Crippen molar-refractivity contribution in [1.82, 2.24) is 9.46 Å². The van der Waals surface area contributed by atoms with Gasteiger partial charge in [-0.25, -0.2) is 0 Å². The van der Waals surface area contributed by atoms with Gasteiger partial charge in [-0.1, -0.05) is 78.9 Å². The van der Waals surface area contributed by atoms with Crippen LogP contribution in [0.25, 0.3) is 66.1 Å². The van der Waals surface area contributed by atoms with Crippen molar-refractivity contribution in [1.29, 1.82) is 0 Å². The van der Waals surface area contributed by atoms with Crippen LogP contribution in [0, 0.1) is 0 Å². The number of rotatable bonds is 1. The molecule has 2 aliphatic heterocycles. The number of fused-ring (bicyclic) bond motifs is 14. The first kappa shape index (κ1) is 20.6. The van der Waals surface area contributed by atoms with E-state index in [1.165, 1.54) is 38.6 Å². The fourth-order valence-corrected chi connectivity index (χ4v) is 7.20. The van der Waals surface area contributed by atoms with E-state index in [9.17, 15) is 0 Å². The third-order valence-electron chi connectivity index (χ3n) is 8.80. The van der Waals surface area contributed by atoms with Crippen molar-refractivity contribution in [3.05, 3.63) is 121 Å². The number of anilines is 2. The van der Waals surface area contributed by atoms with Crippen LogP contribution in [0.3, 0.4) is 0 Å². The molecule has 5 heteroatoms. The van der Waals surface area contributed by atoms with E-state index >= 15 is 0 Å². The highest BCUT2D eigenvalue weighted by Crippen LogP contribution is 2.49. The summed E-state index contributed by atoms with van der Waals surface area (Å²) in [4.78, 5) is 7.48. The lowest BCUT2D eigenvalue weighted by Crippen LogP contribution is -2.51. The minimum absolute atomic E-state index is 0.0145. The molecule has 5 aromatic carbocycles. The Bertz CT molecular complexity index is 2370. The molecule has 0 atom stereocenters. The van der Waals surface area contributed by atoms with Crippen molar-refractivity contribution in [2.75, 3.05) is 4.81 Å². The summed E-state index contributed by atoms with van der Waals surface area (Å²) in [5.74, 6) is 0. The first-order chi connectivity index (χ1) is 19.9. The van der Waals surface area contributed by atoms with Gasteiger partial charge in [-0.2, -0.15) is 0 Å². The van der Waals surface area contributed by atoms with E-state index in [0.29, 0.717) is 0 Å². The van der Waals surface area contributed by atoms with Crippen LogP contribution in [0.2, 0.25) is 0 Å². The number of hydrogen-bond donors (Lipinski definition) is 0. The Morgan fingerprint density at radius 2 is 1.45 bits per heavy atom. The Morgan fingerprint density at radius 1 is 0.625 bits per heavy atom. The number of pyridine rings is 1. The lowest BCUT2D eigenvalue weighted by Gasteiger charge is -2.34. The van der Waals surface area contributed by atoms with Crippen LogP contribution in [0.5, 0.6) is 0 Å². The van der Waals surface area contributed by atoms with Gasteiger partial charge in [-0.15, -0.1) is 0 Å². The Hall–Kier alpha value is -5.29. The van der Waals surface area contributed by atoms with E-state index in [4.69, 9.17) is 9.40 Å². The fraction of sp³-hybridized carbons (Fsp3) is 0. The highest BCUT2D eigenvalue weighted by Gasteiger charge is 2.45. The van der Waals surface area contributed by atoms with Gasteiger partial charge >= 0.3 is 6.98 Å². The largest absolute Gasteiger partial charge is 0.455 e. The Kier molecular flexibility index (Phi) is 3.73. The molecule has 0 radical (unpaired) electrons. The zero-order chi connectivity index (χ0) is 25.9. The van der Waals surface area contributed by atoms with Gasteiger partial charge < -0.3 is 13.7 Å². The first-order valence-electron chi connectivity index (χ1n) is 13.7. The second-order valence-corrected chi connectivity index (χ2v) is 10.8. The van der Waals surface area contributed by atoms with E-state index < -0.39 is 0 Å². The third kappa shape index (κ3) is 2.42. The predicted molar refractivity (Wildman–Crippen MR) is 165 cm³/mol. The topological polar surface area (TPSA) is 34.2 Å². The van der Waals surface area contributed by atoms with Crippen molar-refractivity contribution in [3.8, 4) is 22.4 Å². The molecular weight excluding hydrogens is 489 g/mol. The molecule has 0 saturated heterocycles. The smallest absolute Gasteiger partial charge is 0.423 e. The summed E-state index contributed by atoms with van der Waals surface area (Å²) in [5, 5.41) is 4.88. The molecule has 0 N–H and O–H groups in total. The Labute approximate surface area is 229 Å². The molecule has 5 heterocycles. The van der Waals surface area contributed by atoms with Crippen LogP contribution in [0.15, 0.2) is 126 Å². The maximum Gasteiger partial charge on any atom is 0.423 e. The predicted octanol–water partition coefficient (Wildman–Crippen LogP) is 8.13. The van der Waals surface area contributed by atoms with Gasteiger partial charge in [0.25, 0.3) is 0 Å². The zero-order valence-electron chi connectivity index (χ0n) is 21.4. The minimum Gasteiger partial charge on any atom is -0.455 e. The van der Waals surface area contributed by atoms with Gasteiger partial charge in [0, 0.05) is 50.1 Å². The molecule has 2 aliphatic rings. The number of furan rings is 1. The minimum atomic E-state index is 0.0145. The fourth-order valence-electron chi connectivity index (χ4n) is 7.20. The number of para-hydroxylation sites is 4. The summed E-state index contributed by atoms with van der Waals surface area (Å²) in [5.41, 5.74) is 12.4. The maximum absolute atomic E-state index is 6.40. The molecule has 40 heavy (non-hydrogen) atoms. The number of hydrogen-bond acceptors (Lipinski definition) is 3. The van der Waals surface area contributed by atoms with Crippen LogP contribution in [0.4, 0.5) is 11.4 Å². The monoisotopic (exact) mass is 509 g/mol. The summed E-state index contributed by atoms with van der Waals surface area (Å²) < 4.78 is 8.91. The average molecular weight is 509 g/mol. The summed E-state index contributed by atoms with van der Waals surface area (Å²) in [6.45, 7) is 0.0145. The van der Waals surface area contributed by atoms with Gasteiger partial charge in [0.1, 0.15) is 11.2 Å². The van der Waals surface area contributed by atoms with Crippen molar-refractivity contribution in [2.45, 2.75) is 0 Å². The van der Waals surface area contributed by atoms with E-state index in [1.54, 1.807) is 0 Å². The van der Waals surface area contributed by atoms with Crippen molar-refractivity contribution in [3.63, 3.8) is 0 Å². The van der Waals surface area contributed by atoms with Crippen molar-refractivity contribution < 1.29 is 4.42 Å². The summed E-state index contributed by atoms with van der Waals surface area (Å²) >= 11 is 0. The SMILES string of the molecule is c1cnc2c(c1)B1N(c3ccc(-c4cccc5c4oc4ccccc45)cc3-2)c2cccc3c4ccccc4n1c23. The maximum atomic E-state index is 6.40. The molecule has 0 aliphatic carbocycles. The molecule has 184 valence electrons. The van der Waals surface area contributed by atoms with Crippen LogP contribution in [-0.4, -0.2) is 16.4 Å². The normalized spacial score (nSPS) is 13.4. The third-order valence-corrected chi connectivity index (χ3v) is 8.80. The number of nitrogens with zero attached hydrogens (tertiary/aromatic N) is 3. The van der Waals surface area contributed by atoms with E-state index in [-0.39, 0.29) is 6.98 Å². The second-order valence-electron chi connectivity index (χ2n) is 10.8. The summed E-state index contributed by atoms with van der Waals surface area (Å²) in [7, 11) is 0. The lowest BCUT2D eigenvalue weighted by atomic mass is 9.61. The quantitative estimate of drug-likeness (QED) is 0.210. The average Bonchev–Trinajstić information content (AvgIpc) is 3.68. The first-order valence-corrected chi connectivity index (χ1v) is 13.7. The standard InChI is InChI=1S/C35H20BN3O/c1-3-14-29-23(8-1)25-11-6-15-31-34(25)39(29)36-28-13-7-19-37-33(28)27-20-21(17-18-30(27)38(31)36)22-10-5-12-26-24-9-2-4-16-32(24)40-35(22)26/h1-20H. The van der Waals surface area contributed by atoms with Gasteiger partial charge in [-0.3, -0.25) is 4.98 Å². The molecule has 0 bridgehead atoms. The molecular formula is C35H20BN3O. The van der Waals surface area contributed by atoms with Crippen molar-refractivity contribution >= 4 is 67.6 Å².